The van der Waals surface area contributed by atoms with Gasteiger partial charge >= 0.3 is 6.09 Å². The monoisotopic (exact) mass is 325 g/mol. The molecule has 1 aromatic carbocycles. The van der Waals surface area contributed by atoms with E-state index in [0.717, 1.165) is 0 Å². The Morgan fingerprint density at radius 2 is 2.00 bits per heavy atom. The molecule has 7 nitrogen and oxygen atoms in total. The number of aliphatic hydroxyl groups excluding tert-OH is 2. The van der Waals surface area contributed by atoms with Gasteiger partial charge in [-0.2, -0.15) is 0 Å². The zero-order valence-corrected chi connectivity index (χ0v) is 13.4. The lowest BCUT2D eigenvalue weighted by Crippen LogP contribution is -2.34. The van der Waals surface area contributed by atoms with Gasteiger partial charge in [-0.3, -0.25) is 4.79 Å². The van der Waals surface area contributed by atoms with Crippen molar-refractivity contribution < 1.29 is 29.6 Å². The molecule has 1 amide bonds. The highest BCUT2D eigenvalue weighted by atomic mass is 16.6. The van der Waals surface area contributed by atoms with Crippen molar-refractivity contribution in [3.05, 3.63) is 29.3 Å². The molecule has 0 saturated heterocycles. The summed E-state index contributed by atoms with van der Waals surface area (Å²) >= 11 is 0. The summed E-state index contributed by atoms with van der Waals surface area (Å²) in [6.45, 7) is 5.25. The zero-order valence-electron chi connectivity index (χ0n) is 13.4. The summed E-state index contributed by atoms with van der Waals surface area (Å²) in [5.74, 6) is -0.277. The Morgan fingerprint density at radius 3 is 2.57 bits per heavy atom. The summed E-state index contributed by atoms with van der Waals surface area (Å²) in [5.41, 5.74) is -0.569. The molecular weight excluding hydrogens is 302 g/mol. The van der Waals surface area contributed by atoms with Crippen molar-refractivity contribution >= 4 is 12.4 Å². The van der Waals surface area contributed by atoms with Crippen LogP contribution in [0.5, 0.6) is 5.75 Å². The first kappa shape index (κ1) is 18.9. The number of nitrogens with one attached hydrogen (secondary N) is 1. The van der Waals surface area contributed by atoms with Crippen LogP contribution >= 0.6 is 0 Å². The molecule has 0 bridgehead atoms. The van der Waals surface area contributed by atoms with Gasteiger partial charge in [0.2, 0.25) is 0 Å². The molecule has 128 valence electrons. The quantitative estimate of drug-likeness (QED) is 0.589. The van der Waals surface area contributed by atoms with Crippen LogP contribution in [0.15, 0.2) is 18.2 Å². The van der Waals surface area contributed by atoms with E-state index in [-0.39, 0.29) is 29.8 Å². The fourth-order valence-electron chi connectivity index (χ4n) is 1.98. The minimum Gasteiger partial charge on any atom is -0.508 e. The molecule has 0 radical (unpaired) electrons. The molecule has 4 N–H and O–H groups in total. The average molecular weight is 325 g/mol. The molecule has 0 fully saturated rings. The van der Waals surface area contributed by atoms with Crippen LogP contribution in [0.4, 0.5) is 4.79 Å². The van der Waals surface area contributed by atoms with Crippen molar-refractivity contribution in [2.45, 2.75) is 45.0 Å². The highest BCUT2D eigenvalue weighted by Gasteiger charge is 2.24. The number of hydrogen-bond donors (Lipinski definition) is 4. The van der Waals surface area contributed by atoms with Gasteiger partial charge in [-0.15, -0.1) is 0 Å². The highest BCUT2D eigenvalue weighted by molar-refractivity contribution is 5.79. The van der Waals surface area contributed by atoms with E-state index in [0.29, 0.717) is 6.29 Å². The minimum atomic E-state index is -1.45. The third kappa shape index (κ3) is 5.88. The highest BCUT2D eigenvalue weighted by Crippen LogP contribution is 2.30. The molecule has 0 spiro atoms. The normalized spacial score (nSPS) is 14.0. The Morgan fingerprint density at radius 1 is 1.35 bits per heavy atom. The number of aliphatic hydroxyl groups is 2. The van der Waals surface area contributed by atoms with Gasteiger partial charge in [-0.05, 0) is 33.3 Å². The summed E-state index contributed by atoms with van der Waals surface area (Å²) in [6.07, 6.45) is -2.83. The standard InChI is InChI=1S/C16H23NO6/c1-16(2,3)23-15(22)17-8-7-12(20)14(21)13-10(9-18)5-4-6-11(13)19/h4-6,9,12,14,19-21H,7-8H2,1-3H3,(H,17,22). The Hall–Kier alpha value is -2.12. The van der Waals surface area contributed by atoms with Crippen molar-refractivity contribution in [2.75, 3.05) is 6.54 Å². The number of ether oxygens (including phenoxy) is 1. The number of amides is 1. The number of phenols is 1. The zero-order chi connectivity index (χ0) is 17.6. The van der Waals surface area contributed by atoms with Crippen LogP contribution in [0, 0.1) is 0 Å². The number of benzene rings is 1. The molecule has 0 aliphatic carbocycles. The molecule has 23 heavy (non-hydrogen) atoms. The van der Waals surface area contributed by atoms with Crippen molar-refractivity contribution in [3.8, 4) is 5.75 Å². The Bertz CT molecular complexity index is 552. The van der Waals surface area contributed by atoms with Crippen molar-refractivity contribution in [2.24, 2.45) is 0 Å². The summed E-state index contributed by atoms with van der Waals surface area (Å²) in [7, 11) is 0. The van der Waals surface area contributed by atoms with Crippen LogP contribution in [0.1, 0.15) is 49.2 Å². The first-order valence-corrected chi connectivity index (χ1v) is 7.25. The third-order valence-electron chi connectivity index (χ3n) is 3.01. The minimum absolute atomic E-state index is 0.0209. The summed E-state index contributed by atoms with van der Waals surface area (Å²) in [5, 5.41) is 32.3. The van der Waals surface area contributed by atoms with Gasteiger partial charge in [-0.25, -0.2) is 4.79 Å². The van der Waals surface area contributed by atoms with Gasteiger partial charge in [0, 0.05) is 17.7 Å². The van der Waals surface area contributed by atoms with Crippen LogP contribution < -0.4 is 5.32 Å². The number of rotatable bonds is 6. The maximum Gasteiger partial charge on any atom is 0.407 e. The van der Waals surface area contributed by atoms with Gasteiger partial charge in [-0.1, -0.05) is 12.1 Å². The van der Waals surface area contributed by atoms with Crippen molar-refractivity contribution in [3.63, 3.8) is 0 Å². The molecular formula is C16H23NO6. The van der Waals surface area contributed by atoms with E-state index >= 15 is 0 Å². The number of alkyl carbamates (subject to hydrolysis) is 1. The third-order valence-corrected chi connectivity index (χ3v) is 3.01. The Kier molecular flexibility index (Phi) is 6.53. The smallest absolute Gasteiger partial charge is 0.407 e. The van der Waals surface area contributed by atoms with Crippen molar-refractivity contribution in [1.29, 1.82) is 0 Å². The van der Waals surface area contributed by atoms with Crippen LogP contribution in [0.3, 0.4) is 0 Å². The van der Waals surface area contributed by atoms with Crippen LogP contribution in [0.25, 0.3) is 0 Å². The number of carbonyl (C=O) groups excluding carboxylic acids is 2. The maximum absolute atomic E-state index is 11.5. The van der Waals surface area contributed by atoms with Crippen LogP contribution in [0.2, 0.25) is 0 Å². The molecule has 2 atom stereocenters. The lowest BCUT2D eigenvalue weighted by Gasteiger charge is -2.22. The lowest BCUT2D eigenvalue weighted by molar-refractivity contribution is 0.0108. The molecule has 7 heteroatoms. The van der Waals surface area contributed by atoms with Gasteiger partial charge in [0.05, 0.1) is 6.10 Å². The van der Waals surface area contributed by atoms with Gasteiger partial charge in [0.1, 0.15) is 17.5 Å². The second-order valence-corrected chi connectivity index (χ2v) is 6.13. The second-order valence-electron chi connectivity index (χ2n) is 6.13. The average Bonchev–Trinajstić information content (AvgIpc) is 2.44. The molecule has 1 rings (SSSR count). The second kappa shape index (κ2) is 7.94. The molecule has 0 aromatic heterocycles. The molecule has 0 saturated carbocycles. The summed E-state index contributed by atoms with van der Waals surface area (Å²) in [4.78, 5) is 22.4. The number of carbonyl (C=O) groups is 2. The van der Waals surface area contributed by atoms with E-state index in [1.807, 2.05) is 0 Å². The molecule has 0 aliphatic heterocycles. The summed E-state index contributed by atoms with van der Waals surface area (Å²) < 4.78 is 5.04. The van der Waals surface area contributed by atoms with E-state index in [4.69, 9.17) is 4.74 Å². The predicted octanol–water partition coefficient (Wildman–Crippen LogP) is 1.51. The van der Waals surface area contributed by atoms with E-state index < -0.39 is 23.9 Å². The van der Waals surface area contributed by atoms with Gasteiger partial charge < -0.3 is 25.4 Å². The van der Waals surface area contributed by atoms with Crippen LogP contribution in [-0.4, -0.2) is 45.9 Å². The van der Waals surface area contributed by atoms with E-state index in [2.05, 4.69) is 5.32 Å². The van der Waals surface area contributed by atoms with E-state index in [1.54, 1.807) is 20.8 Å². The van der Waals surface area contributed by atoms with Crippen molar-refractivity contribution in [1.82, 2.24) is 5.32 Å². The van der Waals surface area contributed by atoms with E-state index in [1.165, 1.54) is 18.2 Å². The van der Waals surface area contributed by atoms with Gasteiger partial charge in [0.25, 0.3) is 0 Å². The number of aromatic hydroxyl groups is 1. The molecule has 1 aromatic rings. The SMILES string of the molecule is CC(C)(C)OC(=O)NCCC(O)C(O)c1c(O)cccc1C=O. The lowest BCUT2D eigenvalue weighted by atomic mass is 9.96. The number of aldehydes is 1. The Balaban J connectivity index is 2.60. The Labute approximate surface area is 134 Å². The fraction of sp³-hybridized carbons (Fsp3) is 0.500. The molecule has 0 aliphatic rings. The first-order valence-electron chi connectivity index (χ1n) is 7.25. The van der Waals surface area contributed by atoms with Crippen LogP contribution in [-0.2, 0) is 4.74 Å². The number of hydrogen-bond acceptors (Lipinski definition) is 6. The first-order chi connectivity index (χ1) is 10.7. The van der Waals surface area contributed by atoms with E-state index in [9.17, 15) is 24.9 Å². The van der Waals surface area contributed by atoms with Gasteiger partial charge in [0.15, 0.2) is 6.29 Å². The maximum atomic E-state index is 11.5. The summed E-state index contributed by atoms with van der Waals surface area (Å²) in [6, 6.07) is 4.21. The number of phenolic OH excluding ortho intramolecular Hbond substituents is 1. The molecule has 2 unspecified atom stereocenters. The largest absolute Gasteiger partial charge is 0.508 e. The fourth-order valence-corrected chi connectivity index (χ4v) is 1.98. The topological polar surface area (TPSA) is 116 Å². The molecule has 0 heterocycles. The predicted molar refractivity (Wildman–Crippen MR) is 83.3 cm³/mol.